The summed E-state index contributed by atoms with van der Waals surface area (Å²) >= 11 is 0. The average Bonchev–Trinajstić information content (AvgIpc) is 2.90. The molecule has 3 heteroatoms. The highest BCUT2D eigenvalue weighted by molar-refractivity contribution is 5.04. The van der Waals surface area contributed by atoms with Gasteiger partial charge >= 0.3 is 0 Å². The van der Waals surface area contributed by atoms with Crippen LogP contribution in [0.5, 0.6) is 0 Å². The summed E-state index contributed by atoms with van der Waals surface area (Å²) in [6.07, 6.45) is 16.0. The van der Waals surface area contributed by atoms with Crippen molar-refractivity contribution in [2.75, 3.05) is 13.1 Å². The van der Waals surface area contributed by atoms with Crippen LogP contribution in [0.2, 0.25) is 0 Å². The van der Waals surface area contributed by atoms with Crippen molar-refractivity contribution in [1.29, 1.82) is 0 Å². The Labute approximate surface area is 128 Å². The zero-order valence-corrected chi connectivity index (χ0v) is 13.2. The molecule has 0 N–H and O–H groups in total. The minimum absolute atomic E-state index is 0.899. The molecule has 1 aromatic heterocycles. The average molecular weight is 287 g/mol. The number of likely N-dealkylation sites (tertiary alicyclic amines) is 1. The third-order valence-corrected chi connectivity index (χ3v) is 6.14. The predicted octanol–water partition coefficient (Wildman–Crippen LogP) is 3.70. The Morgan fingerprint density at radius 2 is 1.86 bits per heavy atom. The van der Waals surface area contributed by atoms with Gasteiger partial charge in [0.1, 0.15) is 0 Å². The molecule has 0 bridgehead atoms. The van der Waals surface area contributed by atoms with Crippen LogP contribution in [-0.2, 0) is 13.1 Å². The number of aromatic nitrogens is 2. The Morgan fingerprint density at radius 1 is 1.00 bits per heavy atom. The zero-order valence-electron chi connectivity index (χ0n) is 13.2. The lowest BCUT2D eigenvalue weighted by Crippen LogP contribution is -2.41. The van der Waals surface area contributed by atoms with E-state index in [0.29, 0.717) is 0 Å². The second kappa shape index (κ2) is 6.12. The van der Waals surface area contributed by atoms with Crippen molar-refractivity contribution in [3.8, 4) is 0 Å². The quantitative estimate of drug-likeness (QED) is 0.842. The molecule has 3 nitrogen and oxygen atoms in total. The maximum atomic E-state index is 4.57. The molecule has 1 aromatic rings. The van der Waals surface area contributed by atoms with E-state index >= 15 is 0 Å². The summed E-state index contributed by atoms with van der Waals surface area (Å²) in [5.41, 5.74) is 1.42. The summed E-state index contributed by atoms with van der Waals surface area (Å²) in [6, 6.07) is 0. The van der Waals surface area contributed by atoms with Gasteiger partial charge in [-0.05, 0) is 50.0 Å². The third kappa shape index (κ3) is 3.18. The standard InChI is InChI=1S/C18H29N3/c1-2-7-18-14-20(9-8-17(18)6-1)11-16-10-19-21(13-16)12-15-4-3-5-15/h10,13,15,17-18H,1-9,11-12,14H2. The number of hydrogen-bond acceptors (Lipinski definition) is 2. The Morgan fingerprint density at radius 3 is 2.67 bits per heavy atom. The van der Waals surface area contributed by atoms with E-state index in [9.17, 15) is 0 Å². The molecule has 0 radical (unpaired) electrons. The number of hydrogen-bond donors (Lipinski definition) is 0. The van der Waals surface area contributed by atoms with Crippen LogP contribution in [0.1, 0.15) is 56.9 Å². The van der Waals surface area contributed by atoms with E-state index in [4.69, 9.17) is 0 Å². The molecule has 0 aromatic carbocycles. The van der Waals surface area contributed by atoms with Gasteiger partial charge < -0.3 is 0 Å². The van der Waals surface area contributed by atoms with Crippen LogP contribution in [0.4, 0.5) is 0 Å². The van der Waals surface area contributed by atoms with Crippen LogP contribution in [0.3, 0.4) is 0 Å². The highest BCUT2D eigenvalue weighted by atomic mass is 15.3. The van der Waals surface area contributed by atoms with E-state index in [-0.39, 0.29) is 0 Å². The molecule has 2 aliphatic carbocycles. The monoisotopic (exact) mass is 287 g/mol. The molecule has 3 fully saturated rings. The van der Waals surface area contributed by atoms with Crippen molar-refractivity contribution < 1.29 is 0 Å². The van der Waals surface area contributed by atoms with E-state index in [1.165, 1.54) is 70.0 Å². The first-order valence-electron chi connectivity index (χ1n) is 9.10. The van der Waals surface area contributed by atoms with Crippen LogP contribution < -0.4 is 0 Å². The summed E-state index contributed by atoms with van der Waals surface area (Å²) in [4.78, 5) is 2.68. The fourth-order valence-electron chi connectivity index (χ4n) is 4.61. The highest BCUT2D eigenvalue weighted by Crippen LogP contribution is 2.36. The van der Waals surface area contributed by atoms with Gasteiger partial charge in [-0.25, -0.2) is 0 Å². The normalized spacial score (nSPS) is 30.9. The molecule has 116 valence electrons. The number of nitrogens with zero attached hydrogens (tertiary/aromatic N) is 3. The molecule has 1 aliphatic heterocycles. The SMILES string of the molecule is c1nn(CC2CCC2)cc1CN1CCC2CCCCC2C1. The van der Waals surface area contributed by atoms with Gasteiger partial charge in [-0.1, -0.05) is 25.7 Å². The van der Waals surface area contributed by atoms with Gasteiger partial charge in [0.2, 0.25) is 0 Å². The van der Waals surface area contributed by atoms with Crippen molar-refractivity contribution in [2.24, 2.45) is 17.8 Å². The Balaban J connectivity index is 1.31. The molecule has 4 rings (SSSR count). The van der Waals surface area contributed by atoms with E-state index in [0.717, 1.165) is 30.8 Å². The molecule has 2 atom stereocenters. The van der Waals surface area contributed by atoms with E-state index < -0.39 is 0 Å². The van der Waals surface area contributed by atoms with Gasteiger partial charge in [0.05, 0.1) is 6.20 Å². The van der Waals surface area contributed by atoms with Crippen molar-refractivity contribution in [3.63, 3.8) is 0 Å². The molecule has 2 heterocycles. The van der Waals surface area contributed by atoms with Gasteiger partial charge in [-0.15, -0.1) is 0 Å². The van der Waals surface area contributed by atoms with Gasteiger partial charge in [0.15, 0.2) is 0 Å². The number of piperidine rings is 1. The van der Waals surface area contributed by atoms with Gasteiger partial charge in [-0.2, -0.15) is 5.10 Å². The molecule has 2 saturated carbocycles. The fourth-order valence-corrected chi connectivity index (χ4v) is 4.61. The second-order valence-electron chi connectivity index (χ2n) is 7.70. The Hall–Kier alpha value is -0.830. The van der Waals surface area contributed by atoms with E-state index in [1.54, 1.807) is 0 Å². The van der Waals surface area contributed by atoms with Crippen LogP contribution in [-0.4, -0.2) is 27.8 Å². The summed E-state index contributed by atoms with van der Waals surface area (Å²) in [7, 11) is 0. The molecule has 21 heavy (non-hydrogen) atoms. The predicted molar refractivity (Wildman–Crippen MR) is 84.9 cm³/mol. The molecule has 0 spiro atoms. The molecule has 3 aliphatic rings. The summed E-state index contributed by atoms with van der Waals surface area (Å²) in [5, 5.41) is 4.57. The Kier molecular flexibility index (Phi) is 4.02. The Bertz CT molecular complexity index is 463. The van der Waals surface area contributed by atoms with Gasteiger partial charge in [0.25, 0.3) is 0 Å². The van der Waals surface area contributed by atoms with Crippen molar-refractivity contribution in [3.05, 3.63) is 18.0 Å². The third-order valence-electron chi connectivity index (χ3n) is 6.14. The maximum Gasteiger partial charge on any atom is 0.0534 e. The maximum absolute atomic E-state index is 4.57. The van der Waals surface area contributed by atoms with Crippen LogP contribution >= 0.6 is 0 Å². The first-order valence-corrected chi connectivity index (χ1v) is 9.10. The van der Waals surface area contributed by atoms with Crippen LogP contribution in [0.25, 0.3) is 0 Å². The second-order valence-corrected chi connectivity index (χ2v) is 7.70. The van der Waals surface area contributed by atoms with Crippen molar-refractivity contribution in [2.45, 2.75) is 64.5 Å². The molecular formula is C18H29N3. The first-order chi connectivity index (χ1) is 10.4. The molecule has 0 amide bonds. The largest absolute Gasteiger partial charge is 0.299 e. The smallest absolute Gasteiger partial charge is 0.0534 e. The number of fused-ring (bicyclic) bond motifs is 1. The van der Waals surface area contributed by atoms with Crippen molar-refractivity contribution >= 4 is 0 Å². The lowest BCUT2D eigenvalue weighted by atomic mass is 9.75. The molecule has 1 saturated heterocycles. The van der Waals surface area contributed by atoms with E-state index in [2.05, 4.69) is 27.1 Å². The lowest BCUT2D eigenvalue weighted by molar-refractivity contribution is 0.0820. The summed E-state index contributed by atoms with van der Waals surface area (Å²) < 4.78 is 2.19. The van der Waals surface area contributed by atoms with Gasteiger partial charge in [-0.3, -0.25) is 9.58 Å². The van der Waals surface area contributed by atoms with Crippen LogP contribution in [0.15, 0.2) is 12.4 Å². The molecular weight excluding hydrogens is 258 g/mol. The minimum Gasteiger partial charge on any atom is -0.299 e. The minimum atomic E-state index is 0.899. The topological polar surface area (TPSA) is 21.1 Å². The van der Waals surface area contributed by atoms with Gasteiger partial charge in [0, 0.05) is 31.4 Å². The first kappa shape index (κ1) is 13.8. The van der Waals surface area contributed by atoms with E-state index in [1.807, 2.05) is 0 Å². The summed E-state index contributed by atoms with van der Waals surface area (Å²) in [6.45, 7) is 4.89. The number of rotatable bonds is 4. The fraction of sp³-hybridized carbons (Fsp3) is 0.833. The molecule has 2 unspecified atom stereocenters. The lowest BCUT2D eigenvalue weighted by Gasteiger charge is -2.41. The highest BCUT2D eigenvalue weighted by Gasteiger charge is 2.31. The van der Waals surface area contributed by atoms with Crippen molar-refractivity contribution in [1.82, 2.24) is 14.7 Å². The van der Waals surface area contributed by atoms with Crippen LogP contribution in [0, 0.1) is 17.8 Å². The summed E-state index contributed by atoms with van der Waals surface area (Å²) in [5.74, 6) is 2.92. The zero-order chi connectivity index (χ0) is 14.1.